The number of phosphoric ester groups is 2. The summed E-state index contributed by atoms with van der Waals surface area (Å²) in [6.07, 6.45) is 97.1. The molecule has 0 aliphatic heterocycles. The lowest BCUT2D eigenvalue weighted by Gasteiger charge is -2.21. The molecule has 0 fully saturated rings. The SMILES string of the molecule is CC/C=C\C/C=C\C/C=C\C/C=C\C/C=C\C/C=C\CCC(=O)OCC(COP(=O)(O)OCC(O)COP(=O)(O)OCC(COC(=O)CCCCCCCCC/C=C\C/C=C\C/C=C\CC)OC(=O)CCCCCCC/C=C\C/C=C\CCC)OC(=O)CCCCC/C=C\C/C=C\C/C=C\C/C=C\C/C=C\CC. The van der Waals surface area contributed by atoms with Gasteiger partial charge in [0.1, 0.15) is 19.3 Å². The van der Waals surface area contributed by atoms with Gasteiger partial charge in [-0.1, -0.05) is 286 Å². The van der Waals surface area contributed by atoms with E-state index in [1.54, 1.807) is 0 Å². The van der Waals surface area contributed by atoms with E-state index >= 15 is 0 Å². The maximum absolute atomic E-state index is 13.1. The maximum Gasteiger partial charge on any atom is 0.472 e. The van der Waals surface area contributed by atoms with Crippen LogP contribution in [-0.2, 0) is 65.4 Å². The average molecular weight is 1550 g/mol. The van der Waals surface area contributed by atoms with Crippen LogP contribution >= 0.6 is 15.6 Å². The van der Waals surface area contributed by atoms with E-state index in [1.165, 1.54) is 0 Å². The minimum Gasteiger partial charge on any atom is -0.462 e. The molecular weight excluding hydrogens is 1400 g/mol. The molecule has 0 aromatic heterocycles. The van der Waals surface area contributed by atoms with Gasteiger partial charge in [0.25, 0.3) is 0 Å². The predicted octanol–water partition coefficient (Wildman–Crippen LogP) is 24.1. The van der Waals surface area contributed by atoms with Gasteiger partial charge in [0.15, 0.2) is 12.2 Å². The Kier molecular flexibility index (Phi) is 74.5. The van der Waals surface area contributed by atoms with Gasteiger partial charge in [-0.2, -0.15) is 0 Å². The summed E-state index contributed by atoms with van der Waals surface area (Å²) in [5.41, 5.74) is 0. The number of hydrogen-bond donors (Lipinski definition) is 3. The molecule has 0 saturated heterocycles. The average Bonchev–Trinajstić information content (AvgIpc) is 0.892. The summed E-state index contributed by atoms with van der Waals surface area (Å²) in [4.78, 5) is 73.1. The Bertz CT molecular complexity index is 2810. The second-order valence-electron chi connectivity index (χ2n) is 26.2. The second kappa shape index (κ2) is 79.0. The van der Waals surface area contributed by atoms with Crippen LogP contribution in [-0.4, -0.2) is 96.7 Å². The first-order valence-electron chi connectivity index (χ1n) is 40.7. The van der Waals surface area contributed by atoms with Crippen LogP contribution in [0.25, 0.3) is 0 Å². The molecule has 0 aromatic rings. The summed E-state index contributed by atoms with van der Waals surface area (Å²) in [6.45, 7) is 4.30. The molecule has 0 aliphatic rings. The van der Waals surface area contributed by atoms with Crippen LogP contribution in [0.4, 0.5) is 0 Å². The van der Waals surface area contributed by atoms with Crippen LogP contribution in [0.2, 0.25) is 0 Å². The largest absolute Gasteiger partial charge is 0.472 e. The summed E-state index contributed by atoms with van der Waals surface area (Å²) in [7, 11) is -10.0. The molecule has 0 spiro atoms. The number of rotatable bonds is 74. The molecule has 17 nitrogen and oxygen atoms in total. The summed E-state index contributed by atoms with van der Waals surface area (Å²) in [6, 6.07) is 0. The van der Waals surface area contributed by atoms with Crippen molar-refractivity contribution in [2.45, 2.75) is 303 Å². The van der Waals surface area contributed by atoms with Crippen LogP contribution in [0, 0.1) is 0 Å². The normalized spacial score (nSPS) is 14.8. The lowest BCUT2D eigenvalue weighted by Crippen LogP contribution is -2.30. The van der Waals surface area contributed by atoms with Crippen molar-refractivity contribution in [3.8, 4) is 0 Å². The molecular formula is C89H142O17P2. The quantitative estimate of drug-likeness (QED) is 0.0169. The number of aliphatic hydroxyl groups is 1. The fourth-order valence-corrected chi connectivity index (χ4v) is 11.5. The number of allylic oxidation sites excluding steroid dienone is 32. The van der Waals surface area contributed by atoms with Crippen molar-refractivity contribution in [2.24, 2.45) is 0 Å². The van der Waals surface area contributed by atoms with E-state index in [0.717, 1.165) is 199 Å². The smallest absolute Gasteiger partial charge is 0.462 e. The molecule has 0 heterocycles. The van der Waals surface area contributed by atoms with E-state index in [4.69, 9.17) is 37.0 Å². The highest BCUT2D eigenvalue weighted by atomic mass is 31.2. The molecule has 0 bridgehead atoms. The van der Waals surface area contributed by atoms with E-state index in [1.807, 2.05) is 18.2 Å². The van der Waals surface area contributed by atoms with Crippen molar-refractivity contribution in [3.05, 3.63) is 194 Å². The zero-order valence-electron chi connectivity index (χ0n) is 66.7. The molecule has 0 radical (unpaired) electrons. The summed E-state index contributed by atoms with van der Waals surface area (Å²) >= 11 is 0. The Labute approximate surface area is 653 Å². The fraction of sp³-hybridized carbons (Fsp3) is 0.596. The zero-order valence-corrected chi connectivity index (χ0v) is 68.5. The first kappa shape index (κ1) is 102. The Morgan fingerprint density at radius 3 is 0.806 bits per heavy atom. The van der Waals surface area contributed by atoms with Crippen molar-refractivity contribution >= 4 is 39.5 Å². The minimum atomic E-state index is -5.02. The van der Waals surface area contributed by atoms with Gasteiger partial charge in [0.2, 0.25) is 0 Å². The molecule has 108 heavy (non-hydrogen) atoms. The maximum atomic E-state index is 13.1. The topological polar surface area (TPSA) is 237 Å². The standard InChI is InChI=1S/C89H142O17P2/c1-5-9-13-17-21-25-29-33-36-39-41-44-47-51-54-58-62-66-70-74-87(92)100-80-85(106-89(94)76-72-68-64-60-56-52-48-45-42-40-37-34-30-26-22-18-14-10-6-2)82-104-108(97,98)102-78-83(90)77-101-107(95,96)103-81-84(105-88(93)75-71-67-63-59-55-49-32-28-24-20-16-12-8-4)79-99-86(91)73-69-65-61-57-53-50-46-43-38-35-31-27-23-19-15-11-7-3/h9-11,13-16,20-23,25-28,32-38,41-42,44-45,51-52,54,56,62,66,83-85,90H,5-8,12,17-19,24,29-31,39-40,43,46-50,53,55,57-61,63-65,67-82H2,1-4H3,(H,95,96)(H,97,98)/b13-9-,14-10-,15-11-,20-16-,25-21-,26-22-,27-23-,32-28-,36-33-,37-34-,38-35-,44-41-,45-42-,54-51-,56-52-,66-62-. The Balaban J connectivity index is 5.50. The van der Waals surface area contributed by atoms with Gasteiger partial charge >= 0.3 is 39.5 Å². The third kappa shape index (κ3) is 78.0. The van der Waals surface area contributed by atoms with Crippen molar-refractivity contribution in [3.63, 3.8) is 0 Å². The number of esters is 4. The van der Waals surface area contributed by atoms with Gasteiger partial charge in [-0.05, 0) is 167 Å². The molecule has 5 unspecified atom stereocenters. The van der Waals surface area contributed by atoms with Crippen LogP contribution in [0.3, 0.4) is 0 Å². The lowest BCUT2D eigenvalue weighted by molar-refractivity contribution is -0.161. The van der Waals surface area contributed by atoms with Crippen LogP contribution in [0.15, 0.2) is 194 Å². The van der Waals surface area contributed by atoms with E-state index in [0.29, 0.717) is 32.1 Å². The Morgan fingerprint density at radius 1 is 0.269 bits per heavy atom. The van der Waals surface area contributed by atoms with E-state index in [9.17, 15) is 43.2 Å². The van der Waals surface area contributed by atoms with Crippen LogP contribution < -0.4 is 0 Å². The summed E-state index contributed by atoms with van der Waals surface area (Å²) < 4.78 is 68.5. The van der Waals surface area contributed by atoms with Crippen molar-refractivity contribution in [2.75, 3.05) is 39.6 Å². The van der Waals surface area contributed by atoms with Gasteiger partial charge in [0, 0.05) is 25.7 Å². The number of hydrogen-bond acceptors (Lipinski definition) is 15. The van der Waals surface area contributed by atoms with E-state index in [2.05, 4.69) is 204 Å². The predicted molar refractivity (Wildman–Crippen MR) is 445 cm³/mol. The number of carbonyl (C=O) groups excluding carboxylic acids is 4. The molecule has 0 saturated carbocycles. The summed E-state index contributed by atoms with van der Waals surface area (Å²) in [5.74, 6) is -2.35. The molecule has 0 aromatic carbocycles. The van der Waals surface area contributed by atoms with Crippen LogP contribution in [0.1, 0.15) is 285 Å². The molecule has 5 atom stereocenters. The van der Waals surface area contributed by atoms with Gasteiger partial charge in [0.05, 0.1) is 26.4 Å². The first-order chi connectivity index (χ1) is 52.7. The number of unbranched alkanes of at least 4 members (excludes halogenated alkanes) is 16. The summed E-state index contributed by atoms with van der Waals surface area (Å²) in [5, 5.41) is 10.7. The second-order valence-corrected chi connectivity index (χ2v) is 29.1. The monoisotopic (exact) mass is 1540 g/mol. The van der Waals surface area contributed by atoms with Crippen molar-refractivity contribution in [1.82, 2.24) is 0 Å². The Hall–Kier alpha value is -6.10. The molecule has 19 heteroatoms. The highest BCUT2D eigenvalue weighted by molar-refractivity contribution is 7.47. The van der Waals surface area contributed by atoms with Gasteiger partial charge in [-0.25, -0.2) is 9.13 Å². The highest BCUT2D eigenvalue weighted by Gasteiger charge is 2.30. The third-order valence-corrected chi connectivity index (χ3v) is 17.9. The number of aliphatic hydroxyl groups excluding tert-OH is 1. The minimum absolute atomic E-state index is 0.0203. The van der Waals surface area contributed by atoms with Crippen molar-refractivity contribution < 1.29 is 80.2 Å². The Morgan fingerprint density at radius 2 is 0.500 bits per heavy atom. The number of ether oxygens (including phenoxy) is 4. The number of phosphoric acid groups is 2. The third-order valence-electron chi connectivity index (χ3n) is 16.0. The fourth-order valence-electron chi connectivity index (χ4n) is 9.97. The first-order valence-corrected chi connectivity index (χ1v) is 43.7. The van der Waals surface area contributed by atoms with E-state index < -0.39 is 97.5 Å². The van der Waals surface area contributed by atoms with Gasteiger partial charge < -0.3 is 33.8 Å². The molecule has 0 aliphatic carbocycles. The molecule has 610 valence electrons. The molecule has 3 N–H and O–H groups in total. The molecule has 0 amide bonds. The van der Waals surface area contributed by atoms with Gasteiger partial charge in [-0.15, -0.1) is 0 Å². The van der Waals surface area contributed by atoms with Gasteiger partial charge in [-0.3, -0.25) is 37.3 Å². The lowest BCUT2D eigenvalue weighted by atomic mass is 10.1. The number of carbonyl (C=O) groups is 4. The van der Waals surface area contributed by atoms with Crippen molar-refractivity contribution in [1.29, 1.82) is 0 Å². The molecule has 0 rings (SSSR count). The van der Waals surface area contributed by atoms with Crippen LogP contribution in [0.5, 0.6) is 0 Å². The highest BCUT2D eigenvalue weighted by Crippen LogP contribution is 2.45. The van der Waals surface area contributed by atoms with E-state index in [-0.39, 0.29) is 25.7 Å². The zero-order chi connectivity index (χ0) is 78.9.